The molecule has 2 saturated heterocycles. The van der Waals surface area contributed by atoms with Gasteiger partial charge in [-0.3, -0.25) is 9.48 Å². The van der Waals surface area contributed by atoms with Gasteiger partial charge in [0.15, 0.2) is 9.84 Å². The highest BCUT2D eigenvalue weighted by Crippen LogP contribution is 2.27. The first-order valence-electron chi connectivity index (χ1n) is 9.01. The molecule has 2 aliphatic rings. The fraction of sp³-hybridized carbons (Fsp3) is 0.765. The predicted molar refractivity (Wildman–Crippen MR) is 96.6 cm³/mol. The van der Waals surface area contributed by atoms with Crippen molar-refractivity contribution in [1.29, 1.82) is 0 Å². The van der Waals surface area contributed by atoms with E-state index in [2.05, 4.69) is 24.3 Å². The first kappa shape index (κ1) is 18.4. The third-order valence-electron chi connectivity index (χ3n) is 4.97. The van der Waals surface area contributed by atoms with Crippen molar-refractivity contribution in [2.75, 3.05) is 24.6 Å². The van der Waals surface area contributed by atoms with Crippen molar-refractivity contribution in [3.63, 3.8) is 0 Å². The van der Waals surface area contributed by atoms with E-state index in [4.69, 9.17) is 0 Å². The number of sulfone groups is 1. The molecule has 2 aliphatic heterocycles. The zero-order chi connectivity index (χ0) is 18.4. The molecule has 3 atom stereocenters. The van der Waals surface area contributed by atoms with Crippen LogP contribution in [0.25, 0.3) is 0 Å². The van der Waals surface area contributed by atoms with Crippen LogP contribution < -0.4 is 5.32 Å². The van der Waals surface area contributed by atoms with E-state index in [1.807, 2.05) is 18.7 Å². The van der Waals surface area contributed by atoms with Crippen LogP contribution in [0.3, 0.4) is 0 Å². The summed E-state index contributed by atoms with van der Waals surface area (Å²) in [6.07, 6.45) is 2.33. The lowest BCUT2D eigenvalue weighted by Crippen LogP contribution is -2.55. The lowest BCUT2D eigenvalue weighted by atomic mass is 10.0. The molecule has 3 rings (SSSR count). The molecule has 8 heteroatoms. The topological polar surface area (TPSA) is 84.3 Å². The van der Waals surface area contributed by atoms with Crippen LogP contribution in [-0.4, -0.2) is 65.7 Å². The maximum atomic E-state index is 13.1. The number of aromatic nitrogens is 2. The standard InChI is InChI=1S/C17H28N4O3S/c1-11(2)16-15(17(22)20-7-12(3)18-13(4)8-20)9-21(19-16)14-5-6-25(23,24)10-14/h9,11-14,18H,5-8,10H2,1-4H3. The van der Waals surface area contributed by atoms with E-state index in [0.717, 1.165) is 5.69 Å². The molecule has 7 nitrogen and oxygen atoms in total. The Bertz CT molecular complexity index is 746. The van der Waals surface area contributed by atoms with Crippen LogP contribution in [0.5, 0.6) is 0 Å². The largest absolute Gasteiger partial charge is 0.335 e. The van der Waals surface area contributed by atoms with Crippen LogP contribution in [0.2, 0.25) is 0 Å². The summed E-state index contributed by atoms with van der Waals surface area (Å²) in [5, 5.41) is 8.03. The maximum Gasteiger partial charge on any atom is 0.257 e. The molecular formula is C17H28N4O3S. The van der Waals surface area contributed by atoms with Gasteiger partial charge >= 0.3 is 0 Å². The summed E-state index contributed by atoms with van der Waals surface area (Å²) >= 11 is 0. The van der Waals surface area contributed by atoms with E-state index >= 15 is 0 Å². The Balaban J connectivity index is 1.88. The minimum Gasteiger partial charge on any atom is -0.335 e. The second-order valence-electron chi connectivity index (χ2n) is 7.80. The van der Waals surface area contributed by atoms with Gasteiger partial charge in [0.05, 0.1) is 28.8 Å². The van der Waals surface area contributed by atoms with Gasteiger partial charge < -0.3 is 10.2 Å². The molecule has 25 heavy (non-hydrogen) atoms. The van der Waals surface area contributed by atoms with Crippen molar-refractivity contribution in [2.45, 2.75) is 58.2 Å². The van der Waals surface area contributed by atoms with Crippen molar-refractivity contribution in [1.82, 2.24) is 20.0 Å². The number of carbonyl (C=O) groups is 1. The molecule has 0 aliphatic carbocycles. The minimum atomic E-state index is -2.99. The molecule has 1 aromatic rings. The smallest absolute Gasteiger partial charge is 0.257 e. The molecule has 0 bridgehead atoms. The van der Waals surface area contributed by atoms with Crippen molar-refractivity contribution >= 4 is 15.7 Å². The summed E-state index contributed by atoms with van der Waals surface area (Å²) < 4.78 is 25.3. The van der Waals surface area contributed by atoms with Crippen LogP contribution in [0.4, 0.5) is 0 Å². The van der Waals surface area contributed by atoms with Crippen LogP contribution >= 0.6 is 0 Å². The van der Waals surface area contributed by atoms with E-state index in [-0.39, 0.29) is 41.5 Å². The maximum absolute atomic E-state index is 13.1. The van der Waals surface area contributed by atoms with Gasteiger partial charge in [-0.2, -0.15) is 5.10 Å². The molecule has 0 aromatic carbocycles. The molecule has 0 spiro atoms. The van der Waals surface area contributed by atoms with Gasteiger partial charge in [0, 0.05) is 31.4 Å². The molecule has 140 valence electrons. The van der Waals surface area contributed by atoms with Gasteiger partial charge in [-0.05, 0) is 26.2 Å². The summed E-state index contributed by atoms with van der Waals surface area (Å²) in [6.45, 7) is 9.52. The molecule has 0 radical (unpaired) electrons. The highest BCUT2D eigenvalue weighted by molar-refractivity contribution is 7.91. The molecule has 2 fully saturated rings. The monoisotopic (exact) mass is 368 g/mol. The number of hydrogen-bond acceptors (Lipinski definition) is 5. The van der Waals surface area contributed by atoms with Crippen LogP contribution in [0.15, 0.2) is 6.20 Å². The Labute approximate surface area is 149 Å². The van der Waals surface area contributed by atoms with Gasteiger partial charge in [-0.15, -0.1) is 0 Å². The van der Waals surface area contributed by atoms with Crippen molar-refractivity contribution in [2.24, 2.45) is 0 Å². The Hall–Kier alpha value is -1.41. The molecule has 1 aromatic heterocycles. The predicted octanol–water partition coefficient (Wildman–Crippen LogP) is 1.19. The summed E-state index contributed by atoms with van der Waals surface area (Å²) in [5.41, 5.74) is 1.37. The van der Waals surface area contributed by atoms with E-state index in [1.165, 1.54) is 0 Å². The Kier molecular flexibility index (Phi) is 4.94. The molecular weight excluding hydrogens is 340 g/mol. The Morgan fingerprint density at radius 1 is 1.28 bits per heavy atom. The van der Waals surface area contributed by atoms with Gasteiger partial charge in [0.2, 0.25) is 0 Å². The first-order valence-corrected chi connectivity index (χ1v) is 10.8. The lowest BCUT2D eigenvalue weighted by molar-refractivity contribution is 0.0672. The highest BCUT2D eigenvalue weighted by Gasteiger charge is 2.33. The second-order valence-corrected chi connectivity index (χ2v) is 10.0. The normalized spacial score (nSPS) is 29.3. The zero-order valence-electron chi connectivity index (χ0n) is 15.4. The summed E-state index contributed by atoms with van der Waals surface area (Å²) in [4.78, 5) is 15.0. The van der Waals surface area contributed by atoms with Gasteiger partial charge in [-0.1, -0.05) is 13.8 Å². The van der Waals surface area contributed by atoms with Crippen molar-refractivity contribution in [3.8, 4) is 0 Å². The fourth-order valence-electron chi connectivity index (χ4n) is 3.83. The van der Waals surface area contributed by atoms with Crippen LogP contribution in [-0.2, 0) is 9.84 Å². The number of carbonyl (C=O) groups excluding carboxylic acids is 1. The van der Waals surface area contributed by atoms with Crippen molar-refractivity contribution in [3.05, 3.63) is 17.5 Å². The summed E-state index contributed by atoms with van der Waals surface area (Å²) in [7, 11) is -2.99. The molecule has 3 unspecified atom stereocenters. The zero-order valence-corrected chi connectivity index (χ0v) is 16.2. The third-order valence-corrected chi connectivity index (χ3v) is 6.72. The number of piperazine rings is 1. The van der Waals surface area contributed by atoms with E-state index < -0.39 is 9.84 Å². The molecule has 1 amide bonds. The minimum absolute atomic E-state index is 0.00370. The number of hydrogen-bond donors (Lipinski definition) is 1. The quantitative estimate of drug-likeness (QED) is 0.866. The number of amides is 1. The highest BCUT2D eigenvalue weighted by atomic mass is 32.2. The molecule has 3 heterocycles. The summed E-state index contributed by atoms with van der Waals surface area (Å²) in [5.74, 6) is 0.415. The van der Waals surface area contributed by atoms with E-state index in [1.54, 1.807) is 10.9 Å². The first-order chi connectivity index (χ1) is 11.7. The second kappa shape index (κ2) is 6.72. The van der Waals surface area contributed by atoms with Gasteiger partial charge in [0.1, 0.15) is 0 Å². The summed E-state index contributed by atoms with van der Waals surface area (Å²) in [6, 6.07) is 0.348. The average Bonchev–Trinajstić information content (AvgIpc) is 3.09. The Morgan fingerprint density at radius 2 is 1.92 bits per heavy atom. The van der Waals surface area contributed by atoms with Crippen molar-refractivity contribution < 1.29 is 13.2 Å². The number of nitrogens with one attached hydrogen (secondary N) is 1. The third kappa shape index (κ3) is 3.89. The van der Waals surface area contributed by atoms with E-state index in [9.17, 15) is 13.2 Å². The molecule has 1 N–H and O–H groups in total. The SMILES string of the molecule is CC1CN(C(=O)c2cn(C3CCS(=O)(=O)C3)nc2C(C)C)CC(C)N1. The lowest BCUT2D eigenvalue weighted by Gasteiger charge is -2.36. The number of rotatable bonds is 3. The van der Waals surface area contributed by atoms with Crippen LogP contribution in [0, 0.1) is 0 Å². The molecule has 0 saturated carbocycles. The van der Waals surface area contributed by atoms with Gasteiger partial charge in [-0.25, -0.2) is 8.42 Å². The fourth-order valence-corrected chi connectivity index (χ4v) is 5.53. The average molecular weight is 369 g/mol. The number of nitrogens with zero attached hydrogens (tertiary/aromatic N) is 3. The Morgan fingerprint density at radius 3 is 2.44 bits per heavy atom. The van der Waals surface area contributed by atoms with Crippen LogP contribution in [0.1, 0.15) is 62.1 Å². The van der Waals surface area contributed by atoms with E-state index in [0.29, 0.717) is 25.1 Å². The van der Waals surface area contributed by atoms with Gasteiger partial charge in [0.25, 0.3) is 5.91 Å².